The molecule has 0 aliphatic rings. The van der Waals surface area contributed by atoms with Crippen LogP contribution in [0.5, 0.6) is 0 Å². The van der Waals surface area contributed by atoms with Gasteiger partial charge in [0.1, 0.15) is 0 Å². The second kappa shape index (κ2) is 8.15. The molecule has 0 bridgehead atoms. The maximum Gasteiger partial charge on any atom is 0.0647 e. The highest BCUT2D eigenvalue weighted by molar-refractivity contribution is 5.07. The minimum absolute atomic E-state index is 0.699. The lowest BCUT2D eigenvalue weighted by molar-refractivity contribution is 0.163. The SMILES string of the molecule is CC=CCOCCNCc1cccnc1. The molecule has 1 aromatic heterocycles. The predicted octanol–water partition coefficient (Wildman–Crippen LogP) is 1.76. The number of ether oxygens (including phenoxy) is 1. The number of nitrogens with one attached hydrogen (secondary N) is 1. The van der Waals surface area contributed by atoms with Crippen molar-refractivity contribution in [1.29, 1.82) is 0 Å². The number of hydrogen-bond acceptors (Lipinski definition) is 3. The zero-order chi connectivity index (χ0) is 10.8. The van der Waals surface area contributed by atoms with Crippen LogP contribution in [0.2, 0.25) is 0 Å². The normalized spacial score (nSPS) is 11.0. The fraction of sp³-hybridized carbons (Fsp3) is 0.417. The minimum Gasteiger partial charge on any atom is -0.376 e. The zero-order valence-corrected chi connectivity index (χ0v) is 9.15. The van der Waals surface area contributed by atoms with Gasteiger partial charge in [-0.05, 0) is 18.6 Å². The largest absolute Gasteiger partial charge is 0.376 e. The first-order chi connectivity index (χ1) is 7.43. The van der Waals surface area contributed by atoms with E-state index in [0.717, 1.165) is 19.7 Å². The third kappa shape index (κ3) is 5.99. The third-order valence-electron chi connectivity index (χ3n) is 1.92. The Balaban J connectivity index is 1.98. The Morgan fingerprint density at radius 2 is 2.47 bits per heavy atom. The minimum atomic E-state index is 0.699. The summed E-state index contributed by atoms with van der Waals surface area (Å²) >= 11 is 0. The number of hydrogen-bond donors (Lipinski definition) is 1. The van der Waals surface area contributed by atoms with Crippen LogP contribution in [0.25, 0.3) is 0 Å². The molecule has 0 spiro atoms. The molecule has 3 heteroatoms. The molecule has 0 atom stereocenters. The van der Waals surface area contributed by atoms with Crippen molar-refractivity contribution in [2.24, 2.45) is 0 Å². The third-order valence-corrected chi connectivity index (χ3v) is 1.92. The molecule has 0 aliphatic carbocycles. The number of nitrogens with zero attached hydrogens (tertiary/aromatic N) is 1. The van der Waals surface area contributed by atoms with E-state index in [9.17, 15) is 0 Å². The van der Waals surface area contributed by atoms with Gasteiger partial charge in [0.15, 0.2) is 0 Å². The fourth-order valence-corrected chi connectivity index (χ4v) is 1.13. The van der Waals surface area contributed by atoms with Crippen LogP contribution in [0.15, 0.2) is 36.7 Å². The van der Waals surface area contributed by atoms with Crippen LogP contribution in [-0.2, 0) is 11.3 Å². The van der Waals surface area contributed by atoms with Crippen LogP contribution in [0.3, 0.4) is 0 Å². The Morgan fingerprint density at radius 1 is 1.53 bits per heavy atom. The molecule has 1 N–H and O–H groups in total. The maximum atomic E-state index is 5.35. The number of aromatic nitrogens is 1. The van der Waals surface area contributed by atoms with Crippen molar-refractivity contribution in [2.45, 2.75) is 13.5 Å². The molecule has 1 rings (SSSR count). The summed E-state index contributed by atoms with van der Waals surface area (Å²) in [6, 6.07) is 4.00. The Bertz CT molecular complexity index is 272. The summed E-state index contributed by atoms with van der Waals surface area (Å²) in [5.41, 5.74) is 1.20. The highest BCUT2D eigenvalue weighted by Gasteiger charge is 1.90. The Morgan fingerprint density at radius 3 is 3.20 bits per heavy atom. The number of rotatable bonds is 7. The molecule has 0 saturated heterocycles. The molecule has 0 amide bonds. The van der Waals surface area contributed by atoms with Crippen LogP contribution >= 0.6 is 0 Å². The van der Waals surface area contributed by atoms with E-state index in [1.165, 1.54) is 5.56 Å². The first-order valence-electron chi connectivity index (χ1n) is 5.22. The Hall–Kier alpha value is -1.19. The zero-order valence-electron chi connectivity index (χ0n) is 9.15. The summed E-state index contributed by atoms with van der Waals surface area (Å²) in [5.74, 6) is 0. The van der Waals surface area contributed by atoms with E-state index in [2.05, 4.69) is 16.4 Å². The van der Waals surface area contributed by atoms with Crippen molar-refractivity contribution >= 4 is 0 Å². The van der Waals surface area contributed by atoms with E-state index >= 15 is 0 Å². The lowest BCUT2D eigenvalue weighted by Gasteiger charge is -2.04. The molecule has 0 saturated carbocycles. The van der Waals surface area contributed by atoms with Gasteiger partial charge < -0.3 is 10.1 Å². The molecule has 15 heavy (non-hydrogen) atoms. The van der Waals surface area contributed by atoms with Crippen molar-refractivity contribution in [3.8, 4) is 0 Å². The lowest BCUT2D eigenvalue weighted by Crippen LogP contribution is -2.19. The molecule has 0 aliphatic heterocycles. The van der Waals surface area contributed by atoms with Crippen LogP contribution in [0.4, 0.5) is 0 Å². The van der Waals surface area contributed by atoms with Gasteiger partial charge in [-0.2, -0.15) is 0 Å². The molecule has 3 nitrogen and oxygen atoms in total. The lowest BCUT2D eigenvalue weighted by atomic mass is 10.3. The smallest absolute Gasteiger partial charge is 0.0647 e. The van der Waals surface area contributed by atoms with Gasteiger partial charge in [0.05, 0.1) is 13.2 Å². The standard InChI is InChI=1S/C12H18N2O/c1-2-3-8-15-9-7-14-11-12-5-4-6-13-10-12/h2-6,10,14H,7-9,11H2,1H3. The molecule has 0 fully saturated rings. The van der Waals surface area contributed by atoms with Gasteiger partial charge >= 0.3 is 0 Å². The van der Waals surface area contributed by atoms with Crippen molar-refractivity contribution in [1.82, 2.24) is 10.3 Å². The molecular formula is C12H18N2O. The second-order valence-corrected chi connectivity index (χ2v) is 3.18. The van der Waals surface area contributed by atoms with Gasteiger partial charge in [0.25, 0.3) is 0 Å². The Labute approximate surface area is 91.2 Å². The Kier molecular flexibility index (Phi) is 6.45. The molecule has 1 aromatic rings. The van der Waals surface area contributed by atoms with Gasteiger partial charge in [0.2, 0.25) is 0 Å². The van der Waals surface area contributed by atoms with Gasteiger partial charge in [-0.3, -0.25) is 4.98 Å². The van der Waals surface area contributed by atoms with Crippen LogP contribution in [0, 0.1) is 0 Å². The monoisotopic (exact) mass is 206 g/mol. The first kappa shape index (κ1) is 11.9. The van der Waals surface area contributed by atoms with Crippen molar-refractivity contribution in [3.63, 3.8) is 0 Å². The van der Waals surface area contributed by atoms with Crippen molar-refractivity contribution < 1.29 is 4.74 Å². The van der Waals surface area contributed by atoms with Crippen LogP contribution < -0.4 is 5.32 Å². The van der Waals surface area contributed by atoms with Gasteiger partial charge in [0, 0.05) is 25.5 Å². The molecule has 0 unspecified atom stereocenters. The first-order valence-corrected chi connectivity index (χ1v) is 5.22. The molecule has 0 radical (unpaired) electrons. The molecule has 82 valence electrons. The summed E-state index contributed by atoms with van der Waals surface area (Å²) in [6.07, 6.45) is 7.64. The fourth-order valence-electron chi connectivity index (χ4n) is 1.13. The van der Waals surface area contributed by atoms with E-state index in [-0.39, 0.29) is 0 Å². The van der Waals surface area contributed by atoms with E-state index in [1.807, 2.05) is 31.3 Å². The highest BCUT2D eigenvalue weighted by atomic mass is 16.5. The molecule has 1 heterocycles. The molecular weight excluding hydrogens is 188 g/mol. The second-order valence-electron chi connectivity index (χ2n) is 3.18. The maximum absolute atomic E-state index is 5.35. The van der Waals surface area contributed by atoms with E-state index in [4.69, 9.17) is 4.74 Å². The van der Waals surface area contributed by atoms with Crippen LogP contribution in [0.1, 0.15) is 12.5 Å². The van der Waals surface area contributed by atoms with Crippen LogP contribution in [-0.4, -0.2) is 24.7 Å². The average molecular weight is 206 g/mol. The van der Waals surface area contributed by atoms with E-state index < -0.39 is 0 Å². The van der Waals surface area contributed by atoms with Crippen molar-refractivity contribution in [3.05, 3.63) is 42.2 Å². The van der Waals surface area contributed by atoms with Gasteiger partial charge in [-0.15, -0.1) is 0 Å². The summed E-state index contributed by atoms with van der Waals surface area (Å²) in [4.78, 5) is 4.04. The van der Waals surface area contributed by atoms with Gasteiger partial charge in [-0.1, -0.05) is 18.2 Å². The van der Waals surface area contributed by atoms with Crippen molar-refractivity contribution in [2.75, 3.05) is 19.8 Å². The quantitative estimate of drug-likeness (QED) is 0.545. The van der Waals surface area contributed by atoms with E-state index in [1.54, 1.807) is 6.20 Å². The van der Waals surface area contributed by atoms with Gasteiger partial charge in [-0.25, -0.2) is 0 Å². The van der Waals surface area contributed by atoms with E-state index in [0.29, 0.717) is 6.61 Å². The summed E-state index contributed by atoms with van der Waals surface area (Å²) in [7, 11) is 0. The highest BCUT2D eigenvalue weighted by Crippen LogP contribution is 1.93. The summed E-state index contributed by atoms with van der Waals surface area (Å²) < 4.78 is 5.35. The summed E-state index contributed by atoms with van der Waals surface area (Å²) in [5, 5.41) is 3.29. The topological polar surface area (TPSA) is 34.1 Å². The summed E-state index contributed by atoms with van der Waals surface area (Å²) in [6.45, 7) is 5.15. The number of allylic oxidation sites excluding steroid dienone is 1. The average Bonchev–Trinajstić information content (AvgIpc) is 2.29. The number of pyridine rings is 1. The predicted molar refractivity (Wildman–Crippen MR) is 61.6 cm³/mol. The molecule has 0 aromatic carbocycles.